The van der Waals surface area contributed by atoms with Crippen LogP contribution in [0, 0.1) is 0 Å². The van der Waals surface area contributed by atoms with Gasteiger partial charge in [-0.05, 0) is 24.3 Å². The summed E-state index contributed by atoms with van der Waals surface area (Å²) in [7, 11) is 1.57. The molecule has 0 aliphatic carbocycles. The Bertz CT molecular complexity index is 1380. The third-order valence-electron chi connectivity index (χ3n) is 4.73. The number of aromatic nitrogens is 2. The minimum atomic E-state index is -0.224. The van der Waals surface area contributed by atoms with E-state index in [-0.39, 0.29) is 11.7 Å². The van der Waals surface area contributed by atoms with E-state index in [2.05, 4.69) is 15.5 Å². The highest BCUT2D eigenvalue weighted by atomic mass is 32.2. The van der Waals surface area contributed by atoms with Gasteiger partial charge in [-0.3, -0.25) is 4.79 Å². The number of amides is 1. The number of fused-ring (bicyclic) bond motifs is 3. The molecule has 0 aliphatic rings. The molecule has 0 unspecified atom stereocenters. The standard InChI is InChI=1S/C23H17N3O4S/c1-28-20-11-16-15-9-5-6-10-18(15)29-19(16)12-17(20)24-21(27)13-31-23-26-25-22(30-23)14-7-3-2-4-8-14/h2-12H,13H2,1H3,(H,24,27). The Labute approximate surface area is 181 Å². The Kier molecular flexibility index (Phi) is 5.05. The summed E-state index contributed by atoms with van der Waals surface area (Å²) < 4.78 is 17.0. The van der Waals surface area contributed by atoms with Gasteiger partial charge >= 0.3 is 0 Å². The van der Waals surface area contributed by atoms with Crippen molar-refractivity contribution in [3.05, 3.63) is 66.7 Å². The van der Waals surface area contributed by atoms with Crippen molar-refractivity contribution >= 4 is 45.3 Å². The third-order valence-corrected chi connectivity index (χ3v) is 5.55. The van der Waals surface area contributed by atoms with Crippen molar-refractivity contribution in [2.45, 2.75) is 5.22 Å². The van der Waals surface area contributed by atoms with Crippen LogP contribution in [0.5, 0.6) is 5.75 Å². The molecule has 1 N–H and O–H groups in total. The van der Waals surface area contributed by atoms with Crippen LogP contribution < -0.4 is 10.1 Å². The Hall–Kier alpha value is -3.78. The predicted molar refractivity (Wildman–Crippen MR) is 119 cm³/mol. The average Bonchev–Trinajstić information content (AvgIpc) is 3.42. The fourth-order valence-corrected chi connectivity index (χ4v) is 3.86. The number of benzene rings is 3. The van der Waals surface area contributed by atoms with Crippen molar-refractivity contribution in [3.63, 3.8) is 0 Å². The van der Waals surface area contributed by atoms with Gasteiger partial charge in [0, 0.05) is 22.4 Å². The van der Waals surface area contributed by atoms with Crippen LogP contribution in [0.25, 0.3) is 33.4 Å². The number of methoxy groups -OCH3 is 1. The van der Waals surface area contributed by atoms with Crippen LogP contribution in [0.2, 0.25) is 0 Å². The van der Waals surface area contributed by atoms with Gasteiger partial charge in [-0.1, -0.05) is 48.2 Å². The van der Waals surface area contributed by atoms with Gasteiger partial charge in [0.1, 0.15) is 16.9 Å². The van der Waals surface area contributed by atoms with Crippen LogP contribution in [-0.2, 0) is 4.79 Å². The van der Waals surface area contributed by atoms with Gasteiger partial charge in [-0.15, -0.1) is 10.2 Å². The highest BCUT2D eigenvalue weighted by Gasteiger charge is 2.15. The lowest BCUT2D eigenvalue weighted by Crippen LogP contribution is -2.14. The number of nitrogens with one attached hydrogen (secondary N) is 1. The Morgan fingerprint density at radius 2 is 1.77 bits per heavy atom. The Morgan fingerprint density at radius 1 is 0.968 bits per heavy atom. The smallest absolute Gasteiger partial charge is 0.277 e. The van der Waals surface area contributed by atoms with Crippen LogP contribution in [0.4, 0.5) is 5.69 Å². The van der Waals surface area contributed by atoms with E-state index in [0.717, 1.165) is 21.9 Å². The molecule has 0 radical (unpaired) electrons. The van der Waals surface area contributed by atoms with Crippen molar-refractivity contribution in [2.24, 2.45) is 0 Å². The van der Waals surface area contributed by atoms with Crippen LogP contribution in [0.3, 0.4) is 0 Å². The summed E-state index contributed by atoms with van der Waals surface area (Å²) in [5, 5.41) is 13.2. The van der Waals surface area contributed by atoms with Gasteiger partial charge in [0.05, 0.1) is 18.6 Å². The molecular formula is C23H17N3O4S. The summed E-state index contributed by atoms with van der Waals surface area (Å²) in [6, 6.07) is 20.9. The number of anilines is 1. The molecule has 5 rings (SSSR count). The van der Waals surface area contributed by atoms with E-state index >= 15 is 0 Å². The SMILES string of the molecule is COc1cc2c(cc1NC(=O)CSc1nnc(-c3ccccc3)o1)oc1ccccc12. The number of para-hydroxylation sites is 1. The van der Waals surface area contributed by atoms with Crippen LogP contribution >= 0.6 is 11.8 Å². The molecule has 5 aromatic rings. The number of nitrogens with zero attached hydrogens (tertiary/aromatic N) is 2. The number of hydrogen-bond acceptors (Lipinski definition) is 7. The molecule has 0 spiro atoms. The topological polar surface area (TPSA) is 90.4 Å². The molecule has 154 valence electrons. The molecule has 0 bridgehead atoms. The first-order chi connectivity index (χ1) is 15.2. The van der Waals surface area contributed by atoms with E-state index in [1.54, 1.807) is 13.2 Å². The largest absolute Gasteiger partial charge is 0.495 e. The maximum absolute atomic E-state index is 12.5. The fourth-order valence-electron chi connectivity index (χ4n) is 3.30. The van der Waals surface area contributed by atoms with Crippen molar-refractivity contribution < 1.29 is 18.4 Å². The number of rotatable bonds is 6. The van der Waals surface area contributed by atoms with Gasteiger partial charge in [-0.2, -0.15) is 0 Å². The second-order valence-corrected chi connectivity index (χ2v) is 7.65. The fraction of sp³-hybridized carbons (Fsp3) is 0.0870. The third kappa shape index (κ3) is 3.85. The lowest BCUT2D eigenvalue weighted by molar-refractivity contribution is -0.113. The van der Waals surface area contributed by atoms with Crippen molar-refractivity contribution in [2.75, 3.05) is 18.2 Å². The summed E-state index contributed by atoms with van der Waals surface area (Å²) in [5.74, 6) is 0.859. The van der Waals surface area contributed by atoms with Crippen LogP contribution in [0.15, 0.2) is 80.8 Å². The molecule has 3 aromatic carbocycles. The second-order valence-electron chi connectivity index (χ2n) is 6.72. The highest BCUT2D eigenvalue weighted by molar-refractivity contribution is 7.99. The van der Waals surface area contributed by atoms with E-state index in [4.69, 9.17) is 13.6 Å². The minimum Gasteiger partial charge on any atom is -0.495 e. The predicted octanol–water partition coefficient (Wildman–Crippen LogP) is 5.38. The number of carbonyl (C=O) groups excluding carboxylic acids is 1. The molecule has 31 heavy (non-hydrogen) atoms. The number of thioether (sulfide) groups is 1. The molecular weight excluding hydrogens is 414 g/mol. The van der Waals surface area contributed by atoms with Gasteiger partial charge in [0.25, 0.3) is 5.22 Å². The van der Waals surface area contributed by atoms with Crippen molar-refractivity contribution in [3.8, 4) is 17.2 Å². The average molecular weight is 431 g/mol. The molecule has 0 fully saturated rings. The molecule has 0 aliphatic heterocycles. The number of carbonyl (C=O) groups is 1. The Balaban J connectivity index is 1.31. The maximum Gasteiger partial charge on any atom is 0.277 e. The van der Waals surface area contributed by atoms with Gasteiger partial charge in [0.2, 0.25) is 11.8 Å². The molecule has 1 amide bonds. The Morgan fingerprint density at radius 3 is 2.61 bits per heavy atom. The van der Waals surface area contributed by atoms with E-state index in [1.807, 2.05) is 60.7 Å². The summed E-state index contributed by atoms with van der Waals surface area (Å²) in [6.45, 7) is 0. The van der Waals surface area contributed by atoms with Crippen molar-refractivity contribution in [1.82, 2.24) is 10.2 Å². The molecule has 8 heteroatoms. The first-order valence-electron chi connectivity index (χ1n) is 9.52. The molecule has 0 atom stereocenters. The summed E-state index contributed by atoms with van der Waals surface area (Å²) in [5.41, 5.74) is 2.82. The van der Waals surface area contributed by atoms with E-state index in [9.17, 15) is 4.79 Å². The first kappa shape index (κ1) is 19.2. The summed E-state index contributed by atoms with van der Waals surface area (Å²) in [4.78, 5) is 12.5. The van der Waals surface area contributed by atoms with Gasteiger partial charge in [-0.25, -0.2) is 0 Å². The summed E-state index contributed by atoms with van der Waals surface area (Å²) in [6.07, 6.45) is 0. The maximum atomic E-state index is 12.5. The zero-order valence-corrected chi connectivity index (χ0v) is 17.3. The minimum absolute atomic E-state index is 0.109. The quantitative estimate of drug-likeness (QED) is 0.361. The van der Waals surface area contributed by atoms with Gasteiger partial charge < -0.3 is 18.9 Å². The zero-order valence-electron chi connectivity index (χ0n) is 16.5. The monoisotopic (exact) mass is 431 g/mol. The lowest BCUT2D eigenvalue weighted by atomic mass is 10.1. The highest BCUT2D eigenvalue weighted by Crippen LogP contribution is 2.36. The van der Waals surface area contributed by atoms with Gasteiger partial charge in [0.15, 0.2) is 0 Å². The number of hydrogen-bond donors (Lipinski definition) is 1. The number of ether oxygens (including phenoxy) is 1. The van der Waals surface area contributed by atoms with Crippen LogP contribution in [0.1, 0.15) is 0 Å². The normalized spacial score (nSPS) is 11.1. The summed E-state index contributed by atoms with van der Waals surface area (Å²) >= 11 is 1.17. The van der Waals surface area contributed by atoms with E-state index in [1.165, 1.54) is 11.8 Å². The first-order valence-corrected chi connectivity index (χ1v) is 10.5. The zero-order chi connectivity index (χ0) is 21.2. The van der Waals surface area contributed by atoms with E-state index < -0.39 is 0 Å². The van der Waals surface area contributed by atoms with Crippen molar-refractivity contribution in [1.29, 1.82) is 0 Å². The number of furan rings is 1. The molecule has 2 aromatic heterocycles. The molecule has 7 nitrogen and oxygen atoms in total. The van der Waals surface area contributed by atoms with E-state index in [0.29, 0.717) is 28.1 Å². The van der Waals surface area contributed by atoms with Crippen LogP contribution in [-0.4, -0.2) is 29.0 Å². The molecule has 2 heterocycles. The second kappa shape index (κ2) is 8.16. The lowest BCUT2D eigenvalue weighted by Gasteiger charge is -2.09. The molecule has 0 saturated heterocycles. The molecule has 0 saturated carbocycles.